The van der Waals surface area contributed by atoms with Crippen LogP contribution >= 0.6 is 0 Å². The largest absolute Gasteiger partial charge is 0.303 e. The molecule has 0 radical (unpaired) electrons. The Kier molecular flexibility index (Phi) is 2.48. The van der Waals surface area contributed by atoms with Crippen molar-refractivity contribution in [3.63, 3.8) is 0 Å². The highest BCUT2D eigenvalue weighted by molar-refractivity contribution is 5.58. The average Bonchev–Trinajstić information content (AvgIpc) is 2.89. The molecule has 0 N–H and O–H groups in total. The van der Waals surface area contributed by atoms with Crippen LogP contribution in [0.25, 0.3) is 0 Å². The summed E-state index contributed by atoms with van der Waals surface area (Å²) in [5.74, 6) is 2.15. The van der Waals surface area contributed by atoms with Crippen LogP contribution in [0.4, 0.5) is 0 Å². The number of rotatable bonds is 2. The average molecular weight is 166 g/mol. The van der Waals surface area contributed by atoms with E-state index >= 15 is 0 Å². The second-order valence-electron chi connectivity index (χ2n) is 4.45. The van der Waals surface area contributed by atoms with Gasteiger partial charge >= 0.3 is 0 Å². The van der Waals surface area contributed by atoms with Crippen LogP contribution in [0.2, 0.25) is 0 Å². The molecule has 0 bridgehead atoms. The molecule has 0 spiro atoms. The maximum atomic E-state index is 10.5. The third-order valence-electron chi connectivity index (χ3n) is 3.57. The Morgan fingerprint density at radius 3 is 2.17 bits per heavy atom. The fourth-order valence-electron chi connectivity index (χ4n) is 2.67. The zero-order valence-corrected chi connectivity index (χ0v) is 7.67. The third-order valence-corrected chi connectivity index (χ3v) is 3.57. The summed E-state index contributed by atoms with van der Waals surface area (Å²) in [5, 5.41) is 0. The normalized spacial score (nSPS) is 37.3. The molecule has 0 saturated heterocycles. The molecular weight excluding hydrogens is 148 g/mol. The van der Waals surface area contributed by atoms with Gasteiger partial charge in [-0.25, -0.2) is 0 Å². The highest BCUT2D eigenvalue weighted by Gasteiger charge is 2.42. The van der Waals surface area contributed by atoms with E-state index in [-0.39, 0.29) is 0 Å². The molecule has 0 heterocycles. The van der Waals surface area contributed by atoms with Gasteiger partial charge < -0.3 is 4.79 Å². The van der Waals surface area contributed by atoms with Crippen LogP contribution in [0.15, 0.2) is 0 Å². The molecule has 2 rings (SSSR count). The van der Waals surface area contributed by atoms with E-state index in [1.54, 1.807) is 0 Å². The summed E-state index contributed by atoms with van der Waals surface area (Å²) in [7, 11) is 0. The summed E-state index contributed by atoms with van der Waals surface area (Å²) in [6.07, 6.45) is 10.8. The van der Waals surface area contributed by atoms with Gasteiger partial charge in [0, 0.05) is 5.92 Å². The van der Waals surface area contributed by atoms with Crippen molar-refractivity contribution in [2.24, 2.45) is 17.8 Å². The first-order chi connectivity index (χ1) is 5.92. The molecule has 0 aromatic rings. The minimum Gasteiger partial charge on any atom is -0.303 e. The summed E-state index contributed by atoms with van der Waals surface area (Å²) >= 11 is 0. The Bertz CT molecular complexity index is 156. The molecule has 2 atom stereocenters. The number of aldehydes is 1. The van der Waals surface area contributed by atoms with E-state index in [1.165, 1.54) is 51.2 Å². The molecular formula is C11H18O. The topological polar surface area (TPSA) is 17.1 Å². The van der Waals surface area contributed by atoms with Crippen LogP contribution in [-0.2, 0) is 4.79 Å². The van der Waals surface area contributed by atoms with Crippen LogP contribution < -0.4 is 0 Å². The first-order valence-electron chi connectivity index (χ1n) is 5.37. The van der Waals surface area contributed by atoms with Crippen molar-refractivity contribution in [2.45, 2.75) is 44.9 Å². The maximum Gasteiger partial charge on any atom is 0.123 e. The molecule has 0 aromatic heterocycles. The molecule has 0 aliphatic heterocycles. The summed E-state index contributed by atoms with van der Waals surface area (Å²) in [5.41, 5.74) is 0. The highest BCUT2D eigenvalue weighted by atomic mass is 16.1. The van der Waals surface area contributed by atoms with E-state index < -0.39 is 0 Å². The summed E-state index contributed by atoms with van der Waals surface area (Å²) < 4.78 is 0. The van der Waals surface area contributed by atoms with Crippen LogP contribution in [0, 0.1) is 17.8 Å². The van der Waals surface area contributed by atoms with Crippen molar-refractivity contribution < 1.29 is 4.79 Å². The standard InChI is InChI=1S/C11H18O/c12-8-10-7-11(10)9-5-3-1-2-4-6-9/h8-11H,1-7H2/t10-,11+/m0/s1. The van der Waals surface area contributed by atoms with Gasteiger partial charge in [0.25, 0.3) is 0 Å². The first kappa shape index (κ1) is 8.28. The molecule has 1 nitrogen and oxygen atoms in total. The van der Waals surface area contributed by atoms with E-state index in [1.807, 2.05) is 0 Å². The Morgan fingerprint density at radius 1 is 1.00 bits per heavy atom. The predicted molar refractivity (Wildman–Crippen MR) is 48.9 cm³/mol. The Hall–Kier alpha value is -0.330. The second kappa shape index (κ2) is 3.59. The molecule has 2 saturated carbocycles. The van der Waals surface area contributed by atoms with Gasteiger partial charge in [0.15, 0.2) is 0 Å². The van der Waals surface area contributed by atoms with Gasteiger partial charge in [-0.15, -0.1) is 0 Å². The Labute approximate surface area is 74.5 Å². The van der Waals surface area contributed by atoms with E-state index in [4.69, 9.17) is 0 Å². The molecule has 0 amide bonds. The van der Waals surface area contributed by atoms with Gasteiger partial charge in [0.2, 0.25) is 0 Å². The van der Waals surface area contributed by atoms with Gasteiger partial charge in [-0.3, -0.25) is 0 Å². The van der Waals surface area contributed by atoms with Gasteiger partial charge in [-0.05, 0) is 18.3 Å². The minimum atomic E-state index is 0.452. The van der Waals surface area contributed by atoms with Crippen LogP contribution in [0.1, 0.15) is 44.9 Å². The van der Waals surface area contributed by atoms with Crippen LogP contribution in [0.3, 0.4) is 0 Å². The first-order valence-corrected chi connectivity index (χ1v) is 5.37. The molecule has 2 aliphatic rings. The summed E-state index contributed by atoms with van der Waals surface area (Å²) in [4.78, 5) is 10.5. The molecule has 0 aromatic carbocycles. The van der Waals surface area contributed by atoms with E-state index in [9.17, 15) is 4.79 Å². The van der Waals surface area contributed by atoms with E-state index in [2.05, 4.69) is 0 Å². The predicted octanol–water partition coefficient (Wildman–Crippen LogP) is 2.79. The van der Waals surface area contributed by atoms with Gasteiger partial charge in [0.05, 0.1) is 0 Å². The molecule has 12 heavy (non-hydrogen) atoms. The lowest BCUT2D eigenvalue weighted by Crippen LogP contribution is -2.03. The molecule has 1 heteroatoms. The van der Waals surface area contributed by atoms with Crippen molar-refractivity contribution in [3.8, 4) is 0 Å². The smallest absolute Gasteiger partial charge is 0.123 e. The molecule has 68 valence electrons. The lowest BCUT2D eigenvalue weighted by atomic mass is 9.94. The summed E-state index contributed by atoms with van der Waals surface area (Å²) in [6, 6.07) is 0. The van der Waals surface area contributed by atoms with E-state index in [0.717, 1.165) is 11.8 Å². The Balaban J connectivity index is 1.82. The van der Waals surface area contributed by atoms with Crippen LogP contribution in [-0.4, -0.2) is 6.29 Å². The quantitative estimate of drug-likeness (QED) is 0.455. The van der Waals surface area contributed by atoms with Gasteiger partial charge in [-0.1, -0.05) is 38.5 Å². The molecule has 2 aliphatic carbocycles. The number of hydrogen-bond acceptors (Lipinski definition) is 1. The second-order valence-corrected chi connectivity index (χ2v) is 4.45. The maximum absolute atomic E-state index is 10.5. The molecule has 0 unspecified atom stereocenters. The number of carbonyl (C=O) groups excluding carboxylic acids is 1. The zero-order valence-electron chi connectivity index (χ0n) is 7.67. The Morgan fingerprint density at radius 2 is 1.67 bits per heavy atom. The third kappa shape index (κ3) is 1.70. The lowest BCUT2D eigenvalue weighted by Gasteiger charge is -2.11. The van der Waals surface area contributed by atoms with Crippen molar-refractivity contribution in [3.05, 3.63) is 0 Å². The zero-order chi connectivity index (χ0) is 8.39. The van der Waals surface area contributed by atoms with E-state index in [0.29, 0.717) is 5.92 Å². The fourth-order valence-corrected chi connectivity index (χ4v) is 2.67. The highest BCUT2D eigenvalue weighted by Crippen LogP contribution is 2.47. The van der Waals surface area contributed by atoms with Gasteiger partial charge in [0.1, 0.15) is 6.29 Å². The van der Waals surface area contributed by atoms with Crippen molar-refractivity contribution >= 4 is 6.29 Å². The lowest BCUT2D eigenvalue weighted by molar-refractivity contribution is -0.109. The van der Waals surface area contributed by atoms with Crippen molar-refractivity contribution in [1.82, 2.24) is 0 Å². The minimum absolute atomic E-state index is 0.452. The number of hydrogen-bond donors (Lipinski definition) is 0. The van der Waals surface area contributed by atoms with Crippen LogP contribution in [0.5, 0.6) is 0 Å². The fraction of sp³-hybridized carbons (Fsp3) is 0.909. The molecule has 2 fully saturated rings. The number of carbonyl (C=O) groups is 1. The SMILES string of the molecule is O=C[C@@H]1C[C@@H]1C1CCCCCC1. The van der Waals surface area contributed by atoms with Crippen molar-refractivity contribution in [1.29, 1.82) is 0 Å². The summed E-state index contributed by atoms with van der Waals surface area (Å²) in [6.45, 7) is 0. The van der Waals surface area contributed by atoms with Crippen molar-refractivity contribution in [2.75, 3.05) is 0 Å². The monoisotopic (exact) mass is 166 g/mol. The van der Waals surface area contributed by atoms with Gasteiger partial charge in [-0.2, -0.15) is 0 Å².